The molecule has 1 spiro atoms. The molecule has 2 aliphatic carbocycles. The molecule has 3 aromatic rings. The van der Waals surface area contributed by atoms with Crippen LogP contribution in [0.4, 0.5) is 0 Å². The van der Waals surface area contributed by atoms with Gasteiger partial charge < -0.3 is 24.8 Å². The molecule has 3 N–H and O–H groups in total. The summed E-state index contributed by atoms with van der Waals surface area (Å²) in [5.74, 6) is -1.46. The summed E-state index contributed by atoms with van der Waals surface area (Å²) < 4.78 is 11.6. The predicted molar refractivity (Wildman–Crippen MR) is 160 cm³/mol. The van der Waals surface area contributed by atoms with Crippen molar-refractivity contribution in [1.29, 1.82) is 0 Å². The Morgan fingerprint density at radius 2 is 1.50 bits per heavy atom. The Morgan fingerprint density at radius 1 is 0.833 bits per heavy atom. The van der Waals surface area contributed by atoms with Gasteiger partial charge in [-0.1, -0.05) is 36.8 Å². The van der Waals surface area contributed by atoms with Gasteiger partial charge in [-0.3, -0.25) is 4.90 Å². The van der Waals surface area contributed by atoms with Gasteiger partial charge in [-0.15, -0.1) is 0 Å². The zero-order valence-corrected chi connectivity index (χ0v) is 23.8. The number of benzene rings is 3. The second kappa shape index (κ2) is 12.7. The molecule has 8 heteroatoms. The van der Waals surface area contributed by atoms with Crippen LogP contribution in [0.25, 0.3) is 11.6 Å². The molecule has 1 aliphatic heterocycles. The van der Waals surface area contributed by atoms with Crippen LogP contribution in [0.5, 0.6) is 17.2 Å². The minimum atomic E-state index is -1.82. The van der Waals surface area contributed by atoms with Gasteiger partial charge in [0.2, 0.25) is 0 Å². The van der Waals surface area contributed by atoms with Crippen LogP contribution in [0.2, 0.25) is 0 Å². The molecule has 8 nitrogen and oxygen atoms in total. The van der Waals surface area contributed by atoms with Crippen molar-refractivity contribution in [2.45, 2.75) is 38.5 Å². The molecular formula is C34H37NO7. The van der Waals surface area contributed by atoms with E-state index < -0.39 is 11.9 Å². The molecule has 0 saturated carbocycles. The fourth-order valence-electron chi connectivity index (χ4n) is 6.44. The molecule has 3 aliphatic rings. The maximum atomic E-state index is 10.2. The molecule has 1 heterocycles. The second-order valence-electron chi connectivity index (χ2n) is 11.3. The summed E-state index contributed by atoms with van der Waals surface area (Å²) in [5, 5.41) is 25.0. The van der Waals surface area contributed by atoms with Crippen LogP contribution in [0.1, 0.15) is 47.1 Å². The number of allylic oxidation sites excluding steroid dienone is 1. The van der Waals surface area contributed by atoms with Gasteiger partial charge in [-0.2, -0.15) is 0 Å². The van der Waals surface area contributed by atoms with E-state index in [0.29, 0.717) is 5.75 Å². The molecule has 0 amide bonds. The fourth-order valence-corrected chi connectivity index (χ4v) is 6.44. The highest BCUT2D eigenvalue weighted by Gasteiger charge is 2.46. The lowest BCUT2D eigenvalue weighted by atomic mass is 9.77. The Morgan fingerprint density at radius 3 is 2.19 bits per heavy atom. The third-order valence-corrected chi connectivity index (χ3v) is 8.45. The highest BCUT2D eigenvalue weighted by Crippen LogP contribution is 2.55. The molecule has 1 saturated heterocycles. The lowest BCUT2D eigenvalue weighted by molar-refractivity contribution is -0.159. The first kappa shape index (κ1) is 29.2. The number of fused-ring (bicyclic) bond motifs is 2. The van der Waals surface area contributed by atoms with Crippen LogP contribution >= 0.6 is 0 Å². The number of carbonyl (C=O) groups is 2. The van der Waals surface area contributed by atoms with Crippen molar-refractivity contribution >= 4 is 23.6 Å². The highest BCUT2D eigenvalue weighted by molar-refractivity contribution is 6.27. The third-order valence-electron chi connectivity index (χ3n) is 8.45. The van der Waals surface area contributed by atoms with E-state index >= 15 is 0 Å². The molecule has 3 aromatic carbocycles. The number of carboxylic acids is 2. The van der Waals surface area contributed by atoms with E-state index in [1.165, 1.54) is 65.7 Å². The van der Waals surface area contributed by atoms with Crippen molar-refractivity contribution in [2.75, 3.05) is 33.4 Å². The van der Waals surface area contributed by atoms with Crippen molar-refractivity contribution in [2.24, 2.45) is 5.41 Å². The van der Waals surface area contributed by atoms with Crippen LogP contribution < -0.4 is 9.47 Å². The summed E-state index contributed by atoms with van der Waals surface area (Å²) in [6, 6.07) is 20.8. The molecule has 1 fully saturated rings. The zero-order valence-electron chi connectivity index (χ0n) is 23.8. The topological polar surface area (TPSA) is 117 Å². The maximum Gasteiger partial charge on any atom is 0.414 e. The molecule has 220 valence electrons. The van der Waals surface area contributed by atoms with E-state index in [4.69, 9.17) is 29.3 Å². The number of aliphatic carboxylic acids is 2. The third kappa shape index (κ3) is 6.60. The molecule has 0 radical (unpaired) electrons. The van der Waals surface area contributed by atoms with Gasteiger partial charge in [0.1, 0.15) is 23.9 Å². The SMILES string of the molecule is COc1ccc(/C=C2\c3ccc(O)cc3CC23Cc2ccc(OCCN4CCCCC4)cc2C3)cc1.O=C(O)C(=O)O. The van der Waals surface area contributed by atoms with Crippen LogP contribution in [-0.4, -0.2) is 65.5 Å². The van der Waals surface area contributed by atoms with Gasteiger partial charge in [0.05, 0.1) is 7.11 Å². The number of phenolic OH excluding ortho intramolecular Hbond substituents is 1. The van der Waals surface area contributed by atoms with E-state index in [1.807, 2.05) is 24.3 Å². The average Bonchev–Trinajstić information content (AvgIpc) is 3.49. The van der Waals surface area contributed by atoms with E-state index in [2.05, 4.69) is 47.4 Å². The van der Waals surface area contributed by atoms with Gasteiger partial charge in [-0.05, 0) is 115 Å². The first-order chi connectivity index (χ1) is 20.3. The molecular weight excluding hydrogens is 534 g/mol. The summed E-state index contributed by atoms with van der Waals surface area (Å²) in [7, 11) is 1.70. The summed E-state index contributed by atoms with van der Waals surface area (Å²) >= 11 is 0. The van der Waals surface area contributed by atoms with Crippen LogP contribution in [0.3, 0.4) is 0 Å². The van der Waals surface area contributed by atoms with Gasteiger partial charge in [0, 0.05) is 12.0 Å². The minimum Gasteiger partial charge on any atom is -0.508 e. The highest BCUT2D eigenvalue weighted by atomic mass is 16.5. The smallest absolute Gasteiger partial charge is 0.414 e. The van der Waals surface area contributed by atoms with Crippen LogP contribution in [0, 0.1) is 5.41 Å². The normalized spacial score (nSPS) is 20.0. The number of nitrogens with zero attached hydrogens (tertiary/aromatic N) is 1. The molecule has 1 atom stereocenters. The number of carboxylic acid groups (broad SMARTS) is 2. The number of hydrogen-bond donors (Lipinski definition) is 3. The quantitative estimate of drug-likeness (QED) is 0.341. The number of likely N-dealkylation sites (tertiary alicyclic amines) is 1. The first-order valence-electron chi connectivity index (χ1n) is 14.4. The van der Waals surface area contributed by atoms with E-state index in [0.717, 1.165) is 43.9 Å². The number of piperidine rings is 1. The number of phenols is 1. The van der Waals surface area contributed by atoms with Gasteiger partial charge >= 0.3 is 11.9 Å². The number of methoxy groups -OCH3 is 1. The van der Waals surface area contributed by atoms with Gasteiger partial charge in [0.15, 0.2) is 0 Å². The largest absolute Gasteiger partial charge is 0.508 e. The summed E-state index contributed by atoms with van der Waals surface area (Å²) in [6.45, 7) is 4.16. The zero-order chi connectivity index (χ0) is 29.7. The number of hydrogen-bond acceptors (Lipinski definition) is 6. The Hall–Kier alpha value is -4.30. The van der Waals surface area contributed by atoms with Crippen molar-refractivity contribution in [1.82, 2.24) is 4.90 Å². The van der Waals surface area contributed by atoms with Gasteiger partial charge in [-0.25, -0.2) is 9.59 Å². The van der Waals surface area contributed by atoms with E-state index in [1.54, 1.807) is 7.11 Å². The molecule has 1 unspecified atom stereocenters. The lowest BCUT2D eigenvalue weighted by Crippen LogP contribution is -2.33. The second-order valence-corrected chi connectivity index (χ2v) is 11.3. The Labute approximate surface area is 245 Å². The van der Waals surface area contributed by atoms with E-state index in [9.17, 15) is 5.11 Å². The minimum absolute atomic E-state index is 0.00477. The average molecular weight is 572 g/mol. The Kier molecular flexibility index (Phi) is 8.83. The van der Waals surface area contributed by atoms with Crippen molar-refractivity contribution in [3.8, 4) is 17.2 Å². The monoisotopic (exact) mass is 571 g/mol. The van der Waals surface area contributed by atoms with E-state index in [-0.39, 0.29) is 5.41 Å². The van der Waals surface area contributed by atoms with Gasteiger partial charge in [0.25, 0.3) is 0 Å². The Balaban J connectivity index is 0.000000535. The maximum absolute atomic E-state index is 10.2. The number of ether oxygens (including phenoxy) is 2. The summed E-state index contributed by atoms with van der Waals surface area (Å²) in [4.78, 5) is 20.7. The van der Waals surface area contributed by atoms with Crippen molar-refractivity contribution in [3.63, 3.8) is 0 Å². The molecule has 42 heavy (non-hydrogen) atoms. The fraction of sp³-hybridized carbons (Fsp3) is 0.353. The lowest BCUT2D eigenvalue weighted by Gasteiger charge is -2.26. The molecule has 6 rings (SSSR count). The van der Waals surface area contributed by atoms with Crippen LogP contribution in [-0.2, 0) is 28.9 Å². The first-order valence-corrected chi connectivity index (χ1v) is 14.4. The van der Waals surface area contributed by atoms with Crippen LogP contribution in [0.15, 0.2) is 60.7 Å². The standard InChI is InChI=1S/C32H35NO3.C2H2O4/c1-35-28-9-5-23(6-10-28)17-31-30-12-8-27(34)18-26(30)22-32(31)20-24-7-11-29(19-25(24)21-32)36-16-15-33-13-3-2-4-14-33;3-1(4)2(5)6/h5-12,17-19,34H,2-4,13-16,20-22H2,1H3;(H,3,4)(H,5,6)/b31-17+;. The van der Waals surface area contributed by atoms with Crippen molar-refractivity contribution < 1.29 is 34.4 Å². The number of aromatic hydroxyl groups is 1. The summed E-state index contributed by atoms with van der Waals surface area (Å²) in [5.41, 5.74) is 7.84. The Bertz CT molecular complexity index is 1460. The number of rotatable bonds is 6. The predicted octanol–water partition coefficient (Wildman–Crippen LogP) is 5.30. The molecule has 0 bridgehead atoms. The summed E-state index contributed by atoms with van der Waals surface area (Å²) in [6.07, 6.45) is 9.27. The molecule has 0 aromatic heterocycles. The van der Waals surface area contributed by atoms with Crippen molar-refractivity contribution in [3.05, 3.63) is 88.5 Å².